The molecule has 1 atom stereocenters. The average molecular weight is 191 g/mol. The summed E-state index contributed by atoms with van der Waals surface area (Å²) in [5.74, 6) is -0.268. The molecule has 1 aromatic rings. The highest BCUT2D eigenvalue weighted by atomic mass is 16.5. The van der Waals surface area contributed by atoms with Crippen molar-refractivity contribution < 1.29 is 9.53 Å². The first-order valence-corrected chi connectivity index (χ1v) is 4.69. The zero-order chi connectivity index (χ0) is 10.1. The van der Waals surface area contributed by atoms with Crippen LogP contribution in [-0.2, 0) is 11.2 Å². The number of fused-ring (bicyclic) bond motifs is 1. The van der Waals surface area contributed by atoms with E-state index in [1.165, 1.54) is 7.11 Å². The van der Waals surface area contributed by atoms with Gasteiger partial charge in [0.15, 0.2) is 0 Å². The van der Waals surface area contributed by atoms with Crippen molar-refractivity contribution in [1.82, 2.24) is 0 Å². The molecule has 2 rings (SSSR count). The van der Waals surface area contributed by atoms with E-state index in [0.717, 1.165) is 24.0 Å². The molecule has 0 spiro atoms. The van der Waals surface area contributed by atoms with Gasteiger partial charge >= 0.3 is 5.97 Å². The Bertz CT molecular complexity index is 374. The molecule has 0 heterocycles. The van der Waals surface area contributed by atoms with Crippen molar-refractivity contribution in [2.75, 3.05) is 7.11 Å². The highest BCUT2D eigenvalue weighted by molar-refractivity contribution is 5.91. The Hall–Kier alpha value is -1.35. The van der Waals surface area contributed by atoms with Gasteiger partial charge in [0.1, 0.15) is 0 Å². The van der Waals surface area contributed by atoms with Crippen molar-refractivity contribution in [3.63, 3.8) is 0 Å². The summed E-state index contributed by atoms with van der Waals surface area (Å²) in [5.41, 5.74) is 8.72. The van der Waals surface area contributed by atoms with Gasteiger partial charge in [-0.2, -0.15) is 0 Å². The van der Waals surface area contributed by atoms with E-state index >= 15 is 0 Å². The molecule has 2 N–H and O–H groups in total. The zero-order valence-corrected chi connectivity index (χ0v) is 8.12. The minimum absolute atomic E-state index is 0.0783. The van der Waals surface area contributed by atoms with E-state index in [4.69, 9.17) is 10.5 Å². The van der Waals surface area contributed by atoms with Crippen LogP contribution in [0.5, 0.6) is 0 Å². The van der Waals surface area contributed by atoms with E-state index < -0.39 is 0 Å². The summed E-state index contributed by atoms with van der Waals surface area (Å²) < 4.78 is 4.72. The molecule has 0 saturated carbocycles. The molecule has 1 aliphatic carbocycles. The van der Waals surface area contributed by atoms with Crippen LogP contribution in [0.15, 0.2) is 18.2 Å². The highest BCUT2D eigenvalue weighted by Crippen LogP contribution is 2.31. The predicted molar refractivity (Wildman–Crippen MR) is 53.0 cm³/mol. The second-order valence-corrected chi connectivity index (χ2v) is 3.51. The molecular formula is C11H13NO2. The third-order valence-electron chi connectivity index (χ3n) is 2.72. The molecule has 1 aliphatic rings. The molecule has 0 aliphatic heterocycles. The lowest BCUT2D eigenvalue weighted by Crippen LogP contribution is -2.08. The topological polar surface area (TPSA) is 52.3 Å². The fourth-order valence-electron chi connectivity index (χ4n) is 1.99. The largest absolute Gasteiger partial charge is 0.465 e. The van der Waals surface area contributed by atoms with Crippen molar-refractivity contribution in [2.24, 2.45) is 5.73 Å². The first-order chi connectivity index (χ1) is 6.74. The van der Waals surface area contributed by atoms with Gasteiger partial charge in [-0.25, -0.2) is 4.79 Å². The van der Waals surface area contributed by atoms with Gasteiger partial charge in [0.25, 0.3) is 0 Å². The molecule has 0 fully saturated rings. The van der Waals surface area contributed by atoms with Crippen molar-refractivity contribution >= 4 is 5.97 Å². The van der Waals surface area contributed by atoms with Crippen molar-refractivity contribution in [2.45, 2.75) is 18.9 Å². The molecule has 1 aromatic carbocycles. The van der Waals surface area contributed by atoms with Gasteiger partial charge in [-0.15, -0.1) is 0 Å². The number of methoxy groups -OCH3 is 1. The fraction of sp³-hybridized carbons (Fsp3) is 0.364. The maximum absolute atomic E-state index is 11.4. The summed E-state index contributed by atoms with van der Waals surface area (Å²) in [4.78, 5) is 11.4. The Kier molecular flexibility index (Phi) is 2.25. The van der Waals surface area contributed by atoms with Crippen LogP contribution in [0.1, 0.15) is 33.9 Å². The van der Waals surface area contributed by atoms with E-state index in [0.29, 0.717) is 5.56 Å². The molecule has 0 unspecified atom stereocenters. The second kappa shape index (κ2) is 3.42. The maximum Gasteiger partial charge on any atom is 0.338 e. The van der Waals surface area contributed by atoms with Crippen LogP contribution < -0.4 is 5.73 Å². The van der Waals surface area contributed by atoms with Gasteiger partial charge in [0.05, 0.1) is 12.7 Å². The smallest absolute Gasteiger partial charge is 0.338 e. The molecule has 3 heteroatoms. The normalized spacial score (nSPS) is 19.1. The van der Waals surface area contributed by atoms with Crippen molar-refractivity contribution in [1.29, 1.82) is 0 Å². The number of hydrogen-bond donors (Lipinski definition) is 1. The molecular weight excluding hydrogens is 178 g/mol. The Morgan fingerprint density at radius 3 is 3.07 bits per heavy atom. The molecule has 0 amide bonds. The molecule has 0 saturated heterocycles. The van der Waals surface area contributed by atoms with E-state index in [9.17, 15) is 4.79 Å². The van der Waals surface area contributed by atoms with Gasteiger partial charge in [0, 0.05) is 6.04 Å². The monoisotopic (exact) mass is 191 g/mol. The molecule has 74 valence electrons. The fourth-order valence-corrected chi connectivity index (χ4v) is 1.99. The lowest BCUT2D eigenvalue weighted by molar-refractivity contribution is 0.0599. The number of rotatable bonds is 1. The number of hydrogen-bond acceptors (Lipinski definition) is 3. The van der Waals surface area contributed by atoms with Crippen LogP contribution in [0.2, 0.25) is 0 Å². The summed E-state index contributed by atoms with van der Waals surface area (Å²) in [6.45, 7) is 0. The minimum Gasteiger partial charge on any atom is -0.465 e. The van der Waals surface area contributed by atoms with Crippen LogP contribution in [0.3, 0.4) is 0 Å². The van der Waals surface area contributed by atoms with E-state index in [1.807, 2.05) is 12.1 Å². The quantitative estimate of drug-likeness (QED) is 0.683. The highest BCUT2D eigenvalue weighted by Gasteiger charge is 2.23. The molecule has 3 nitrogen and oxygen atoms in total. The Labute approximate surface area is 82.9 Å². The number of ether oxygens (including phenoxy) is 1. The maximum atomic E-state index is 11.4. The van der Waals surface area contributed by atoms with Crippen molar-refractivity contribution in [3.05, 3.63) is 34.9 Å². The van der Waals surface area contributed by atoms with Gasteiger partial charge < -0.3 is 10.5 Å². The first-order valence-electron chi connectivity index (χ1n) is 4.69. The van der Waals surface area contributed by atoms with Crippen LogP contribution >= 0.6 is 0 Å². The zero-order valence-electron chi connectivity index (χ0n) is 8.12. The van der Waals surface area contributed by atoms with Gasteiger partial charge in [0.2, 0.25) is 0 Å². The number of nitrogens with two attached hydrogens (primary N) is 1. The summed E-state index contributed by atoms with van der Waals surface area (Å²) in [6, 6.07) is 5.72. The Morgan fingerprint density at radius 2 is 2.36 bits per heavy atom. The third-order valence-corrected chi connectivity index (χ3v) is 2.72. The molecule has 0 radical (unpaired) electrons. The van der Waals surface area contributed by atoms with Crippen LogP contribution in [-0.4, -0.2) is 13.1 Å². The number of esters is 1. The number of benzene rings is 1. The van der Waals surface area contributed by atoms with Gasteiger partial charge in [-0.3, -0.25) is 0 Å². The standard InChI is InChI=1S/C11H13NO2/c1-14-11(13)9-4-2-3-8-7(9)5-6-10(8)12/h2-4,10H,5-6,12H2,1H3/t10-/m0/s1. The second-order valence-electron chi connectivity index (χ2n) is 3.51. The lowest BCUT2D eigenvalue weighted by atomic mass is 10.0. The van der Waals surface area contributed by atoms with Gasteiger partial charge in [-0.05, 0) is 30.0 Å². The van der Waals surface area contributed by atoms with Crippen molar-refractivity contribution in [3.8, 4) is 0 Å². The summed E-state index contributed by atoms with van der Waals surface area (Å²) in [5, 5.41) is 0. The summed E-state index contributed by atoms with van der Waals surface area (Å²) >= 11 is 0. The Morgan fingerprint density at radius 1 is 1.57 bits per heavy atom. The first kappa shape index (κ1) is 9.21. The van der Waals surface area contributed by atoms with Crippen LogP contribution in [0.4, 0.5) is 0 Å². The molecule has 14 heavy (non-hydrogen) atoms. The predicted octanol–water partition coefficient (Wildman–Crippen LogP) is 1.42. The van der Waals surface area contributed by atoms with E-state index in [1.54, 1.807) is 6.07 Å². The number of carbonyl (C=O) groups is 1. The summed E-state index contributed by atoms with van der Waals surface area (Å²) in [6.07, 6.45) is 1.80. The minimum atomic E-state index is -0.268. The SMILES string of the molecule is COC(=O)c1cccc2c1CC[C@@H]2N. The van der Waals surface area contributed by atoms with Crippen LogP contribution in [0, 0.1) is 0 Å². The van der Waals surface area contributed by atoms with E-state index in [2.05, 4.69) is 0 Å². The van der Waals surface area contributed by atoms with E-state index in [-0.39, 0.29) is 12.0 Å². The third kappa shape index (κ3) is 1.30. The Balaban J connectivity index is 2.49. The summed E-state index contributed by atoms with van der Waals surface area (Å²) in [7, 11) is 1.40. The number of carbonyl (C=O) groups excluding carboxylic acids is 1. The van der Waals surface area contributed by atoms with Gasteiger partial charge in [-0.1, -0.05) is 12.1 Å². The van der Waals surface area contributed by atoms with Crippen LogP contribution in [0.25, 0.3) is 0 Å². The molecule has 0 aromatic heterocycles. The lowest BCUT2D eigenvalue weighted by Gasteiger charge is -2.07. The average Bonchev–Trinajstić information content (AvgIpc) is 2.59. The molecule has 0 bridgehead atoms.